The van der Waals surface area contributed by atoms with Crippen LogP contribution in [0.2, 0.25) is 0 Å². The van der Waals surface area contributed by atoms with Crippen LogP contribution in [0.25, 0.3) is 0 Å². The molecule has 2 rings (SSSR count). The van der Waals surface area contributed by atoms with Gasteiger partial charge in [0.25, 0.3) is 5.69 Å². The molecule has 1 heterocycles. The smallest absolute Gasteiger partial charge is 0.269 e. The van der Waals surface area contributed by atoms with E-state index in [1.165, 1.54) is 24.3 Å². The third-order valence-corrected chi connectivity index (χ3v) is 3.07. The van der Waals surface area contributed by atoms with Crippen LogP contribution in [0.1, 0.15) is 25.0 Å². The minimum absolute atomic E-state index is 0.00625. The first-order valence-electron chi connectivity index (χ1n) is 6.48. The highest BCUT2D eigenvalue weighted by atomic mass is 16.7. The lowest BCUT2D eigenvalue weighted by atomic mass is 10.0. The van der Waals surface area contributed by atoms with Crippen LogP contribution in [0.5, 0.6) is 0 Å². The van der Waals surface area contributed by atoms with Crippen molar-refractivity contribution in [2.45, 2.75) is 31.8 Å². The van der Waals surface area contributed by atoms with Crippen LogP contribution in [0.3, 0.4) is 0 Å². The standard InChI is InChI=1S/C14H17NO5/c1-2-19-13-5-3-4-12(20-13)14(16)10-6-8-11(9-7-10)15(17)18/h3-4,6-9,12-14,16H,2,5H2,1H3/t12-,13+,14-/m1/s1. The Balaban J connectivity index is 2.06. The fraction of sp³-hybridized carbons (Fsp3) is 0.429. The first-order chi connectivity index (χ1) is 9.61. The molecule has 3 atom stereocenters. The van der Waals surface area contributed by atoms with Gasteiger partial charge in [-0.15, -0.1) is 0 Å². The summed E-state index contributed by atoms with van der Waals surface area (Å²) in [6.45, 7) is 2.42. The minimum atomic E-state index is -0.879. The monoisotopic (exact) mass is 279 g/mol. The van der Waals surface area contributed by atoms with Crippen LogP contribution >= 0.6 is 0 Å². The molecule has 1 aromatic rings. The normalized spacial score (nSPS) is 23.5. The number of aliphatic hydroxyl groups is 1. The molecule has 1 aromatic carbocycles. The summed E-state index contributed by atoms with van der Waals surface area (Å²) in [6, 6.07) is 5.80. The van der Waals surface area contributed by atoms with Crippen LogP contribution < -0.4 is 0 Å². The van der Waals surface area contributed by atoms with Gasteiger partial charge in [0.05, 0.1) is 4.92 Å². The van der Waals surface area contributed by atoms with E-state index in [9.17, 15) is 15.2 Å². The number of nitro groups is 1. The molecule has 0 saturated heterocycles. The van der Waals surface area contributed by atoms with Crippen molar-refractivity contribution in [1.29, 1.82) is 0 Å². The maximum atomic E-state index is 10.6. The largest absolute Gasteiger partial charge is 0.385 e. The van der Waals surface area contributed by atoms with Crippen molar-refractivity contribution in [3.05, 3.63) is 52.1 Å². The van der Waals surface area contributed by atoms with Crippen molar-refractivity contribution in [3.8, 4) is 0 Å². The summed E-state index contributed by atoms with van der Waals surface area (Å²) in [4.78, 5) is 10.1. The molecule has 6 heteroatoms. The summed E-state index contributed by atoms with van der Waals surface area (Å²) in [5.74, 6) is 0. The van der Waals surface area contributed by atoms with Gasteiger partial charge >= 0.3 is 0 Å². The Hall–Kier alpha value is -1.76. The molecule has 1 aliphatic rings. The molecule has 0 aliphatic carbocycles. The average Bonchev–Trinajstić information content (AvgIpc) is 2.47. The van der Waals surface area contributed by atoms with Gasteiger partial charge in [0.15, 0.2) is 6.29 Å². The predicted octanol–water partition coefficient (Wildman–Crippen LogP) is 2.34. The fourth-order valence-corrected chi connectivity index (χ4v) is 2.06. The zero-order chi connectivity index (χ0) is 14.5. The maximum absolute atomic E-state index is 10.6. The van der Waals surface area contributed by atoms with Gasteiger partial charge in [-0.3, -0.25) is 10.1 Å². The first kappa shape index (κ1) is 14.6. The van der Waals surface area contributed by atoms with E-state index >= 15 is 0 Å². The highest BCUT2D eigenvalue weighted by Crippen LogP contribution is 2.26. The van der Waals surface area contributed by atoms with Crippen LogP contribution in [-0.2, 0) is 9.47 Å². The molecule has 1 aliphatic heterocycles. The van der Waals surface area contributed by atoms with Crippen molar-refractivity contribution in [2.24, 2.45) is 0 Å². The molecule has 108 valence electrons. The second-order valence-electron chi connectivity index (χ2n) is 4.44. The van der Waals surface area contributed by atoms with Crippen LogP contribution in [0.4, 0.5) is 5.69 Å². The van der Waals surface area contributed by atoms with Gasteiger partial charge in [-0.2, -0.15) is 0 Å². The SMILES string of the molecule is CCO[C@@H]1CC=C[C@H]([C@H](O)c2ccc([N+](=O)[O-])cc2)O1. The van der Waals surface area contributed by atoms with E-state index in [-0.39, 0.29) is 12.0 Å². The topological polar surface area (TPSA) is 81.8 Å². The second-order valence-corrected chi connectivity index (χ2v) is 4.44. The molecule has 0 amide bonds. The number of nitrogens with zero attached hydrogens (tertiary/aromatic N) is 1. The van der Waals surface area contributed by atoms with Crippen molar-refractivity contribution in [1.82, 2.24) is 0 Å². The van der Waals surface area contributed by atoms with E-state index in [1.807, 2.05) is 13.0 Å². The molecule has 0 fully saturated rings. The van der Waals surface area contributed by atoms with Gasteiger partial charge in [-0.1, -0.05) is 12.2 Å². The van der Waals surface area contributed by atoms with Gasteiger partial charge in [0, 0.05) is 25.2 Å². The Kier molecular flexibility index (Phi) is 4.84. The van der Waals surface area contributed by atoms with Crippen molar-refractivity contribution < 1.29 is 19.5 Å². The molecule has 0 spiro atoms. The summed E-state index contributed by atoms with van der Waals surface area (Å²) < 4.78 is 11.0. The number of hydrogen-bond donors (Lipinski definition) is 1. The first-order valence-corrected chi connectivity index (χ1v) is 6.48. The van der Waals surface area contributed by atoms with E-state index in [1.54, 1.807) is 6.08 Å². The van der Waals surface area contributed by atoms with E-state index in [0.717, 1.165) is 0 Å². The summed E-state index contributed by atoms with van der Waals surface area (Å²) in [5, 5.41) is 20.8. The van der Waals surface area contributed by atoms with Gasteiger partial charge in [-0.25, -0.2) is 0 Å². The van der Waals surface area contributed by atoms with Crippen LogP contribution in [0, 0.1) is 10.1 Å². The second kappa shape index (κ2) is 6.60. The minimum Gasteiger partial charge on any atom is -0.385 e. The van der Waals surface area contributed by atoms with Crippen molar-refractivity contribution in [3.63, 3.8) is 0 Å². The van der Waals surface area contributed by atoms with E-state index in [0.29, 0.717) is 18.6 Å². The number of non-ortho nitro benzene ring substituents is 1. The van der Waals surface area contributed by atoms with E-state index in [4.69, 9.17) is 9.47 Å². The zero-order valence-corrected chi connectivity index (χ0v) is 11.1. The number of rotatable bonds is 5. The molecule has 0 unspecified atom stereocenters. The predicted molar refractivity (Wildman–Crippen MR) is 72.1 cm³/mol. The molecular weight excluding hydrogens is 262 g/mol. The molecule has 20 heavy (non-hydrogen) atoms. The number of benzene rings is 1. The molecule has 0 bridgehead atoms. The number of nitro benzene ring substituents is 1. The highest BCUT2D eigenvalue weighted by Gasteiger charge is 2.26. The summed E-state index contributed by atoms with van der Waals surface area (Å²) in [6.07, 6.45) is 2.59. The van der Waals surface area contributed by atoms with E-state index in [2.05, 4.69) is 0 Å². The van der Waals surface area contributed by atoms with Gasteiger partial charge in [0.1, 0.15) is 12.2 Å². The van der Waals surface area contributed by atoms with E-state index < -0.39 is 17.1 Å². The molecule has 6 nitrogen and oxygen atoms in total. The van der Waals surface area contributed by atoms with Gasteiger partial charge < -0.3 is 14.6 Å². The van der Waals surface area contributed by atoms with Crippen molar-refractivity contribution in [2.75, 3.05) is 6.61 Å². The summed E-state index contributed by atoms with van der Waals surface area (Å²) in [5.41, 5.74) is 0.565. The maximum Gasteiger partial charge on any atom is 0.269 e. The lowest BCUT2D eigenvalue weighted by Crippen LogP contribution is -2.30. The van der Waals surface area contributed by atoms with Crippen LogP contribution in [0.15, 0.2) is 36.4 Å². The average molecular weight is 279 g/mol. The Morgan fingerprint density at radius 3 is 2.80 bits per heavy atom. The van der Waals surface area contributed by atoms with Gasteiger partial charge in [0.2, 0.25) is 0 Å². The summed E-state index contributed by atoms with van der Waals surface area (Å²) in [7, 11) is 0. The Morgan fingerprint density at radius 2 is 2.20 bits per heavy atom. The van der Waals surface area contributed by atoms with Crippen LogP contribution in [-0.4, -0.2) is 29.0 Å². The Labute approximate surface area is 116 Å². The lowest BCUT2D eigenvalue weighted by Gasteiger charge is -2.29. The number of ether oxygens (including phenoxy) is 2. The molecule has 0 aromatic heterocycles. The number of hydrogen-bond acceptors (Lipinski definition) is 5. The summed E-state index contributed by atoms with van der Waals surface area (Å²) >= 11 is 0. The van der Waals surface area contributed by atoms with Crippen molar-refractivity contribution >= 4 is 5.69 Å². The van der Waals surface area contributed by atoms with Gasteiger partial charge in [-0.05, 0) is 24.6 Å². The molecular formula is C14H17NO5. The molecule has 0 saturated carbocycles. The third-order valence-electron chi connectivity index (χ3n) is 3.07. The Bertz CT molecular complexity index is 485. The quantitative estimate of drug-likeness (QED) is 0.508. The third kappa shape index (κ3) is 3.41. The molecule has 0 radical (unpaired) electrons. The fourth-order valence-electron chi connectivity index (χ4n) is 2.06. The number of aliphatic hydroxyl groups excluding tert-OH is 1. The lowest BCUT2D eigenvalue weighted by molar-refractivity contribution is -0.384. The zero-order valence-electron chi connectivity index (χ0n) is 11.1. The Morgan fingerprint density at radius 1 is 1.50 bits per heavy atom. The highest BCUT2D eigenvalue weighted by molar-refractivity contribution is 5.34. The molecule has 1 N–H and O–H groups in total.